The molecule has 0 fully saturated rings. The average Bonchev–Trinajstić information content (AvgIpc) is 3.34. The summed E-state index contributed by atoms with van der Waals surface area (Å²) in [5, 5.41) is 12.9. The number of aromatic nitrogens is 2. The predicted octanol–water partition coefficient (Wildman–Crippen LogP) is 9.49. The normalized spacial score (nSPS) is 12.0. The quantitative estimate of drug-likeness (QED) is 0.229. The Hall–Kier alpha value is -4.69. The van der Waals surface area contributed by atoms with E-state index in [2.05, 4.69) is 127 Å². The van der Waals surface area contributed by atoms with Crippen molar-refractivity contribution in [3.05, 3.63) is 115 Å². The van der Waals surface area contributed by atoms with Crippen molar-refractivity contribution in [1.29, 1.82) is 0 Å². The van der Waals surface area contributed by atoms with E-state index in [-0.39, 0.29) is 0 Å². The van der Waals surface area contributed by atoms with Crippen LogP contribution in [0.5, 0.6) is 0 Å². The summed E-state index contributed by atoms with van der Waals surface area (Å²) < 4.78 is 2.32. The molecular formula is C35H24N2. The summed E-state index contributed by atoms with van der Waals surface area (Å²) in [5.74, 6) is 1.02. The summed E-state index contributed by atoms with van der Waals surface area (Å²) in [7, 11) is 0. The van der Waals surface area contributed by atoms with Crippen LogP contribution in [-0.4, -0.2) is 9.55 Å². The first-order chi connectivity index (χ1) is 18.3. The molecule has 174 valence electrons. The van der Waals surface area contributed by atoms with Crippen molar-refractivity contribution < 1.29 is 0 Å². The van der Waals surface area contributed by atoms with Crippen LogP contribution in [0.25, 0.3) is 76.3 Å². The lowest BCUT2D eigenvalue weighted by Gasteiger charge is -2.14. The van der Waals surface area contributed by atoms with Gasteiger partial charge >= 0.3 is 0 Å². The van der Waals surface area contributed by atoms with Crippen LogP contribution in [0.2, 0.25) is 0 Å². The van der Waals surface area contributed by atoms with Crippen LogP contribution < -0.4 is 0 Å². The molecule has 8 aromatic rings. The highest BCUT2D eigenvalue weighted by molar-refractivity contribution is 6.32. The SMILES string of the molecule is CCn1c(-c2ccc3c(c2)c2ccccc2c2cccc4ccc5cccc3c5c42)nc2ccccc21. The van der Waals surface area contributed by atoms with Gasteiger partial charge in [-0.05, 0) is 79.0 Å². The van der Waals surface area contributed by atoms with E-state index in [1.807, 2.05) is 0 Å². The fourth-order valence-electron chi connectivity index (χ4n) is 6.31. The Morgan fingerprint density at radius 3 is 1.84 bits per heavy atom. The summed E-state index contributed by atoms with van der Waals surface area (Å²) >= 11 is 0. The van der Waals surface area contributed by atoms with Crippen molar-refractivity contribution in [2.24, 2.45) is 0 Å². The largest absolute Gasteiger partial charge is 0.324 e. The van der Waals surface area contributed by atoms with E-state index in [4.69, 9.17) is 4.98 Å². The van der Waals surface area contributed by atoms with Crippen molar-refractivity contribution >= 4 is 64.9 Å². The highest BCUT2D eigenvalue weighted by atomic mass is 15.1. The smallest absolute Gasteiger partial charge is 0.141 e. The van der Waals surface area contributed by atoms with Crippen molar-refractivity contribution in [2.45, 2.75) is 13.5 Å². The number of hydrogen-bond donors (Lipinski definition) is 0. The Bertz CT molecular complexity index is 2180. The third-order valence-corrected chi connectivity index (χ3v) is 7.93. The van der Waals surface area contributed by atoms with Crippen LogP contribution in [-0.2, 0) is 6.54 Å². The van der Waals surface area contributed by atoms with Crippen molar-refractivity contribution in [2.75, 3.05) is 0 Å². The maximum absolute atomic E-state index is 5.07. The van der Waals surface area contributed by atoms with E-state index in [0.717, 1.165) is 23.4 Å². The van der Waals surface area contributed by atoms with Gasteiger partial charge in [0, 0.05) is 12.1 Å². The van der Waals surface area contributed by atoms with Gasteiger partial charge in [-0.2, -0.15) is 0 Å². The number of fused-ring (bicyclic) bond motifs is 6. The summed E-state index contributed by atoms with van der Waals surface area (Å²) in [5.41, 5.74) is 3.36. The number of rotatable bonds is 2. The van der Waals surface area contributed by atoms with Crippen LogP contribution in [0.1, 0.15) is 6.92 Å². The Kier molecular flexibility index (Phi) is 4.24. The minimum Gasteiger partial charge on any atom is -0.324 e. The van der Waals surface area contributed by atoms with Crippen LogP contribution in [0.3, 0.4) is 0 Å². The Labute approximate surface area is 214 Å². The van der Waals surface area contributed by atoms with Crippen LogP contribution in [0.4, 0.5) is 0 Å². The summed E-state index contributed by atoms with van der Waals surface area (Å²) in [6.07, 6.45) is 0. The maximum atomic E-state index is 5.07. The first-order valence-corrected chi connectivity index (χ1v) is 13.0. The number of hydrogen-bond acceptors (Lipinski definition) is 1. The fraction of sp³-hybridized carbons (Fsp3) is 0.0571. The molecule has 7 aromatic carbocycles. The van der Waals surface area contributed by atoms with Gasteiger partial charge in [0.05, 0.1) is 11.0 Å². The lowest BCUT2D eigenvalue weighted by molar-refractivity contribution is 0.796. The molecule has 2 heteroatoms. The van der Waals surface area contributed by atoms with E-state index >= 15 is 0 Å². The van der Waals surface area contributed by atoms with Gasteiger partial charge in [0.1, 0.15) is 5.82 Å². The molecule has 1 aromatic heterocycles. The van der Waals surface area contributed by atoms with Gasteiger partial charge in [-0.3, -0.25) is 0 Å². The van der Waals surface area contributed by atoms with E-state index in [9.17, 15) is 0 Å². The molecule has 0 atom stereocenters. The molecule has 0 spiro atoms. The van der Waals surface area contributed by atoms with E-state index in [0.29, 0.717) is 0 Å². The topological polar surface area (TPSA) is 17.8 Å². The Morgan fingerprint density at radius 1 is 0.541 bits per heavy atom. The standard InChI is InChI=1S/C35H24N2/c1-2-37-32-16-6-5-15-31(32)36-35(37)24-19-20-27-29-14-8-10-23-18-17-22-9-7-13-28(33(22)34(23)29)25-11-3-4-12-26(25)30(27)21-24/h3-21H,2H2,1H3. The lowest BCUT2D eigenvalue weighted by atomic mass is 9.90. The van der Waals surface area contributed by atoms with Gasteiger partial charge < -0.3 is 4.57 Å². The van der Waals surface area contributed by atoms with E-state index < -0.39 is 0 Å². The van der Waals surface area contributed by atoms with Gasteiger partial charge in [0.25, 0.3) is 0 Å². The van der Waals surface area contributed by atoms with E-state index in [1.54, 1.807) is 0 Å². The molecule has 0 saturated carbocycles. The molecule has 0 amide bonds. The number of benzene rings is 6. The summed E-state index contributed by atoms with van der Waals surface area (Å²) in [4.78, 5) is 5.07. The number of nitrogens with zero attached hydrogens (tertiary/aromatic N) is 2. The van der Waals surface area contributed by atoms with Gasteiger partial charge in [0.15, 0.2) is 0 Å². The second kappa shape index (κ2) is 7.65. The first kappa shape index (κ1) is 20.5. The van der Waals surface area contributed by atoms with Gasteiger partial charge in [-0.1, -0.05) is 97.1 Å². The third kappa shape index (κ3) is 2.84. The summed E-state index contributed by atoms with van der Waals surface area (Å²) in [6.45, 7) is 3.07. The number of para-hydroxylation sites is 2. The molecule has 0 aliphatic carbocycles. The monoisotopic (exact) mass is 472 g/mol. The molecule has 8 rings (SSSR count). The Balaban J connectivity index is 1.62. The number of imidazole rings is 1. The molecule has 0 bridgehead atoms. The zero-order chi connectivity index (χ0) is 24.5. The zero-order valence-electron chi connectivity index (χ0n) is 20.6. The van der Waals surface area contributed by atoms with E-state index in [1.165, 1.54) is 59.4 Å². The molecule has 37 heavy (non-hydrogen) atoms. The second-order valence-electron chi connectivity index (χ2n) is 9.85. The molecule has 1 heterocycles. The number of aryl methyl sites for hydroxylation is 1. The van der Waals surface area contributed by atoms with Crippen LogP contribution >= 0.6 is 0 Å². The second-order valence-corrected chi connectivity index (χ2v) is 9.85. The predicted molar refractivity (Wildman–Crippen MR) is 158 cm³/mol. The van der Waals surface area contributed by atoms with Crippen molar-refractivity contribution in [3.8, 4) is 11.4 Å². The van der Waals surface area contributed by atoms with Crippen LogP contribution in [0, 0.1) is 0 Å². The van der Waals surface area contributed by atoms with Crippen LogP contribution in [0.15, 0.2) is 115 Å². The first-order valence-electron chi connectivity index (χ1n) is 13.0. The molecule has 0 aliphatic heterocycles. The lowest BCUT2D eigenvalue weighted by Crippen LogP contribution is -1.97. The van der Waals surface area contributed by atoms with Gasteiger partial charge in [-0.15, -0.1) is 0 Å². The van der Waals surface area contributed by atoms with Gasteiger partial charge in [0.2, 0.25) is 0 Å². The van der Waals surface area contributed by atoms with Crippen molar-refractivity contribution in [1.82, 2.24) is 9.55 Å². The Morgan fingerprint density at radius 2 is 1.14 bits per heavy atom. The fourth-order valence-corrected chi connectivity index (χ4v) is 6.31. The minimum absolute atomic E-state index is 0.873. The molecule has 0 saturated heterocycles. The average molecular weight is 473 g/mol. The summed E-state index contributed by atoms with van der Waals surface area (Å²) in [6, 6.07) is 42.1. The molecule has 0 radical (unpaired) electrons. The molecule has 0 unspecified atom stereocenters. The van der Waals surface area contributed by atoms with Gasteiger partial charge in [-0.25, -0.2) is 4.98 Å². The maximum Gasteiger partial charge on any atom is 0.141 e. The highest BCUT2D eigenvalue weighted by Crippen LogP contribution is 2.41. The molecule has 0 N–H and O–H groups in total. The zero-order valence-corrected chi connectivity index (χ0v) is 20.6. The molecular weight excluding hydrogens is 448 g/mol. The molecule has 2 nitrogen and oxygen atoms in total. The van der Waals surface area contributed by atoms with Crippen molar-refractivity contribution in [3.63, 3.8) is 0 Å². The molecule has 0 aliphatic rings. The third-order valence-electron chi connectivity index (χ3n) is 7.93. The minimum atomic E-state index is 0.873. The highest BCUT2D eigenvalue weighted by Gasteiger charge is 2.15.